The van der Waals surface area contributed by atoms with Gasteiger partial charge in [0.05, 0.1) is 5.92 Å². The van der Waals surface area contributed by atoms with Crippen LogP contribution in [-0.2, 0) is 11.2 Å². The third-order valence-electron chi connectivity index (χ3n) is 8.06. The number of hydrogen-bond donors (Lipinski definition) is 0. The smallest absolute Gasteiger partial charge is 0.314 e. The van der Waals surface area contributed by atoms with Crippen LogP contribution in [0.25, 0.3) is 11.4 Å². The third-order valence-corrected chi connectivity index (χ3v) is 8.06. The lowest BCUT2D eigenvalue weighted by Crippen LogP contribution is -2.25. The molecule has 1 aromatic heterocycles. The van der Waals surface area contributed by atoms with Gasteiger partial charge in [0, 0.05) is 18.0 Å². The van der Waals surface area contributed by atoms with Crippen LogP contribution in [0.15, 0.2) is 49.3 Å². The van der Waals surface area contributed by atoms with E-state index in [9.17, 15) is 4.79 Å². The van der Waals surface area contributed by atoms with Crippen LogP contribution >= 0.6 is 0 Å². The number of benzene rings is 1. The largest absolute Gasteiger partial charge is 0.426 e. The van der Waals surface area contributed by atoms with E-state index >= 15 is 0 Å². The average Bonchev–Trinajstić information content (AvgIpc) is 2.95. The van der Waals surface area contributed by atoms with E-state index in [1.807, 2.05) is 42.7 Å². The molecule has 2 aromatic rings. The van der Waals surface area contributed by atoms with Crippen molar-refractivity contribution in [3.63, 3.8) is 0 Å². The summed E-state index contributed by atoms with van der Waals surface area (Å²) in [5.74, 6) is 2.04. The van der Waals surface area contributed by atoms with Gasteiger partial charge in [-0.25, -0.2) is 9.97 Å². The van der Waals surface area contributed by atoms with Gasteiger partial charge < -0.3 is 4.74 Å². The quantitative estimate of drug-likeness (QED) is 0.0853. The first-order valence-electron chi connectivity index (χ1n) is 15.4. The van der Waals surface area contributed by atoms with Gasteiger partial charge in [0.1, 0.15) is 5.75 Å². The standard InChI is InChI=1S/C34H50N2O2/c1-3-5-7-9-10-11-13-15-17-29-26-35-33(36-27-29)30-22-24-32(25-23-30)38-34(37)31-20-18-28(19-21-31)16-14-12-8-6-4-2/h4,22-28,31H,2-3,5-21H2,1H3. The lowest BCUT2D eigenvalue weighted by Gasteiger charge is -2.27. The van der Waals surface area contributed by atoms with Gasteiger partial charge in [-0.15, -0.1) is 6.58 Å². The highest BCUT2D eigenvalue weighted by atomic mass is 16.5. The summed E-state index contributed by atoms with van der Waals surface area (Å²) >= 11 is 0. The number of hydrogen-bond acceptors (Lipinski definition) is 4. The van der Waals surface area contributed by atoms with Crippen molar-refractivity contribution in [3.8, 4) is 17.1 Å². The van der Waals surface area contributed by atoms with Crippen molar-refractivity contribution in [2.75, 3.05) is 0 Å². The minimum absolute atomic E-state index is 0.0311. The van der Waals surface area contributed by atoms with E-state index in [0.29, 0.717) is 11.6 Å². The molecule has 0 aliphatic heterocycles. The maximum absolute atomic E-state index is 12.7. The summed E-state index contributed by atoms with van der Waals surface area (Å²) in [5.41, 5.74) is 2.14. The Morgan fingerprint density at radius 1 is 0.868 bits per heavy atom. The minimum Gasteiger partial charge on any atom is -0.426 e. The monoisotopic (exact) mass is 518 g/mol. The number of carbonyl (C=O) groups excluding carboxylic acids is 1. The van der Waals surface area contributed by atoms with Crippen LogP contribution in [0.5, 0.6) is 5.75 Å². The molecule has 0 atom stereocenters. The number of rotatable bonds is 18. The molecular weight excluding hydrogens is 468 g/mol. The molecule has 4 heteroatoms. The number of aryl methyl sites for hydroxylation is 1. The lowest BCUT2D eigenvalue weighted by molar-refractivity contribution is -0.140. The number of carbonyl (C=O) groups is 1. The second-order valence-electron chi connectivity index (χ2n) is 11.2. The highest BCUT2D eigenvalue weighted by Crippen LogP contribution is 2.33. The molecule has 1 heterocycles. The number of esters is 1. The molecule has 3 rings (SSSR count). The van der Waals surface area contributed by atoms with Crippen LogP contribution in [-0.4, -0.2) is 15.9 Å². The number of nitrogens with zero attached hydrogens (tertiary/aromatic N) is 2. The second kappa shape index (κ2) is 17.9. The normalized spacial score (nSPS) is 17.3. The minimum atomic E-state index is -0.0799. The van der Waals surface area contributed by atoms with Gasteiger partial charge >= 0.3 is 5.97 Å². The van der Waals surface area contributed by atoms with Crippen molar-refractivity contribution in [1.82, 2.24) is 9.97 Å². The molecule has 1 saturated carbocycles. The van der Waals surface area contributed by atoms with Crippen LogP contribution in [0.1, 0.15) is 122 Å². The van der Waals surface area contributed by atoms with Crippen molar-refractivity contribution in [2.45, 2.75) is 122 Å². The zero-order valence-corrected chi connectivity index (χ0v) is 23.8. The summed E-state index contributed by atoms with van der Waals surface area (Å²) in [5, 5.41) is 0. The van der Waals surface area contributed by atoms with Crippen molar-refractivity contribution in [1.29, 1.82) is 0 Å². The molecule has 1 aliphatic carbocycles. The van der Waals surface area contributed by atoms with E-state index in [-0.39, 0.29) is 11.9 Å². The fourth-order valence-corrected chi connectivity index (χ4v) is 5.55. The summed E-state index contributed by atoms with van der Waals surface area (Å²) in [6, 6.07) is 7.61. The average molecular weight is 519 g/mol. The molecule has 0 bridgehead atoms. The molecule has 1 fully saturated rings. The SMILES string of the molecule is C=CCCCCCC1CCC(C(=O)Oc2ccc(-c3ncc(CCCCCCCCCC)cn3)cc2)CC1. The Labute approximate surface area is 231 Å². The Bertz CT molecular complexity index is 915. The summed E-state index contributed by atoms with van der Waals surface area (Å²) in [4.78, 5) is 21.9. The van der Waals surface area contributed by atoms with Gasteiger partial charge in [-0.1, -0.05) is 77.2 Å². The summed E-state index contributed by atoms with van der Waals surface area (Å²) < 4.78 is 5.73. The fraction of sp³-hybridized carbons (Fsp3) is 0.618. The lowest BCUT2D eigenvalue weighted by atomic mass is 9.80. The van der Waals surface area contributed by atoms with Crippen LogP contribution in [0.4, 0.5) is 0 Å². The maximum Gasteiger partial charge on any atom is 0.314 e. The topological polar surface area (TPSA) is 52.1 Å². The Kier molecular flexibility index (Phi) is 14.2. The summed E-state index contributed by atoms with van der Waals surface area (Å²) in [7, 11) is 0. The second-order valence-corrected chi connectivity index (χ2v) is 11.2. The molecule has 38 heavy (non-hydrogen) atoms. The van der Waals surface area contributed by atoms with Crippen molar-refractivity contribution < 1.29 is 9.53 Å². The Morgan fingerprint density at radius 3 is 2.16 bits per heavy atom. The van der Waals surface area contributed by atoms with E-state index < -0.39 is 0 Å². The zero-order valence-electron chi connectivity index (χ0n) is 23.8. The maximum atomic E-state index is 12.7. The number of ether oxygens (including phenoxy) is 1. The van der Waals surface area contributed by atoms with Gasteiger partial charge in [0.15, 0.2) is 5.82 Å². The predicted octanol–water partition coefficient (Wildman–Crippen LogP) is 9.68. The van der Waals surface area contributed by atoms with Crippen LogP contribution in [0.3, 0.4) is 0 Å². The number of allylic oxidation sites excluding steroid dienone is 1. The van der Waals surface area contributed by atoms with Crippen LogP contribution < -0.4 is 4.74 Å². The van der Waals surface area contributed by atoms with Crippen LogP contribution in [0.2, 0.25) is 0 Å². The highest BCUT2D eigenvalue weighted by Gasteiger charge is 2.27. The molecular formula is C34H50N2O2. The zero-order chi connectivity index (χ0) is 26.8. The number of unbranched alkanes of at least 4 members (excludes halogenated alkanes) is 10. The Balaban J connectivity index is 1.34. The van der Waals surface area contributed by atoms with Crippen molar-refractivity contribution in [2.24, 2.45) is 11.8 Å². The molecule has 0 unspecified atom stereocenters. The van der Waals surface area contributed by atoms with Gasteiger partial charge in [0.25, 0.3) is 0 Å². The summed E-state index contributed by atoms with van der Waals surface area (Å²) in [6.45, 7) is 6.06. The Hall–Kier alpha value is -2.49. The van der Waals surface area contributed by atoms with E-state index in [0.717, 1.165) is 50.0 Å². The first kappa shape index (κ1) is 30.1. The van der Waals surface area contributed by atoms with Gasteiger partial charge in [-0.05, 0) is 87.1 Å². The Morgan fingerprint density at radius 2 is 1.50 bits per heavy atom. The van der Waals surface area contributed by atoms with Crippen LogP contribution in [0, 0.1) is 11.8 Å². The van der Waals surface area contributed by atoms with Gasteiger partial charge in [-0.2, -0.15) is 0 Å². The molecule has 0 N–H and O–H groups in total. The van der Waals surface area contributed by atoms with Gasteiger partial charge in [-0.3, -0.25) is 4.79 Å². The molecule has 1 aliphatic rings. The number of aromatic nitrogens is 2. The molecule has 0 spiro atoms. The van der Waals surface area contributed by atoms with E-state index in [2.05, 4.69) is 23.5 Å². The van der Waals surface area contributed by atoms with E-state index in [1.54, 1.807) is 0 Å². The van der Waals surface area contributed by atoms with Gasteiger partial charge in [0.2, 0.25) is 0 Å². The van der Waals surface area contributed by atoms with Crippen molar-refractivity contribution in [3.05, 3.63) is 54.9 Å². The molecule has 1 aromatic carbocycles. The van der Waals surface area contributed by atoms with E-state index in [1.165, 1.54) is 82.6 Å². The molecule has 208 valence electrons. The highest BCUT2D eigenvalue weighted by molar-refractivity contribution is 5.75. The molecule has 4 nitrogen and oxygen atoms in total. The predicted molar refractivity (Wildman–Crippen MR) is 158 cm³/mol. The fourth-order valence-electron chi connectivity index (χ4n) is 5.55. The third kappa shape index (κ3) is 11.1. The molecule has 0 saturated heterocycles. The first-order valence-corrected chi connectivity index (χ1v) is 15.4. The molecule has 0 radical (unpaired) electrons. The molecule has 0 amide bonds. The summed E-state index contributed by atoms with van der Waals surface area (Å²) in [6.07, 6.45) is 28.0. The van der Waals surface area contributed by atoms with E-state index in [4.69, 9.17) is 4.74 Å². The van der Waals surface area contributed by atoms with Crippen molar-refractivity contribution >= 4 is 5.97 Å². The first-order chi connectivity index (χ1) is 18.7.